The van der Waals surface area contributed by atoms with Crippen LogP contribution in [0.2, 0.25) is 0 Å². The molecule has 0 amide bonds. The zero-order chi connectivity index (χ0) is 17.9. The van der Waals surface area contributed by atoms with Crippen LogP contribution in [0.15, 0.2) is 70.1 Å². The highest BCUT2D eigenvalue weighted by Gasteiger charge is 2.15. The maximum atomic E-state index is 12.6. The number of hydrogen-bond donors (Lipinski definition) is 1. The number of benzene rings is 2. The van der Waals surface area contributed by atoms with E-state index in [1.54, 1.807) is 6.07 Å². The van der Waals surface area contributed by atoms with Crippen LogP contribution in [0.3, 0.4) is 0 Å². The van der Waals surface area contributed by atoms with Gasteiger partial charge >= 0.3 is 0 Å². The van der Waals surface area contributed by atoms with Crippen LogP contribution in [-0.2, 0) is 17.9 Å². The van der Waals surface area contributed by atoms with Gasteiger partial charge < -0.3 is 14.3 Å². The summed E-state index contributed by atoms with van der Waals surface area (Å²) >= 11 is 0. The lowest BCUT2D eigenvalue weighted by molar-refractivity contribution is 0.0198. The predicted molar refractivity (Wildman–Crippen MR) is 97.9 cm³/mol. The molecule has 0 saturated heterocycles. The molecule has 0 fully saturated rings. The number of rotatable bonds is 6. The molecule has 0 aliphatic rings. The lowest BCUT2D eigenvalue weighted by atomic mass is 10.2. The van der Waals surface area contributed by atoms with E-state index < -0.39 is 6.10 Å². The van der Waals surface area contributed by atoms with Crippen LogP contribution in [0, 0.1) is 0 Å². The Morgan fingerprint density at radius 1 is 1.12 bits per heavy atom. The van der Waals surface area contributed by atoms with Crippen molar-refractivity contribution in [2.75, 3.05) is 6.61 Å². The van der Waals surface area contributed by atoms with Crippen LogP contribution >= 0.6 is 0 Å². The fourth-order valence-electron chi connectivity index (χ4n) is 2.91. The third-order valence-corrected chi connectivity index (χ3v) is 4.18. The summed E-state index contributed by atoms with van der Waals surface area (Å²) < 4.78 is 12.5. The first-order valence-corrected chi connectivity index (χ1v) is 8.39. The van der Waals surface area contributed by atoms with Crippen LogP contribution in [0.1, 0.15) is 5.56 Å². The zero-order valence-electron chi connectivity index (χ0n) is 14.0. The minimum Gasteiger partial charge on any atom is -0.448 e. The van der Waals surface area contributed by atoms with E-state index in [1.807, 2.05) is 48.5 Å². The topological polar surface area (TPSA) is 77.5 Å². The van der Waals surface area contributed by atoms with Crippen molar-refractivity contribution in [1.82, 2.24) is 9.55 Å². The van der Waals surface area contributed by atoms with Gasteiger partial charge in [-0.25, -0.2) is 4.98 Å². The number of aliphatic hydroxyl groups excluding tert-OH is 1. The Morgan fingerprint density at radius 3 is 2.73 bits per heavy atom. The van der Waals surface area contributed by atoms with E-state index >= 15 is 0 Å². The molecule has 0 aliphatic heterocycles. The molecule has 2 aromatic carbocycles. The number of para-hydroxylation sites is 1. The molecule has 26 heavy (non-hydrogen) atoms. The summed E-state index contributed by atoms with van der Waals surface area (Å²) in [6.45, 7) is 0.626. The van der Waals surface area contributed by atoms with E-state index in [0.717, 1.165) is 10.9 Å². The second-order valence-electron chi connectivity index (χ2n) is 6.13. The van der Waals surface area contributed by atoms with E-state index in [2.05, 4.69) is 4.98 Å². The molecule has 4 aromatic rings. The Labute approximate surface area is 149 Å². The minimum absolute atomic E-state index is 0.0909. The molecular weight excluding hydrogens is 332 g/mol. The van der Waals surface area contributed by atoms with E-state index in [-0.39, 0.29) is 24.3 Å². The molecule has 0 spiro atoms. The van der Waals surface area contributed by atoms with Crippen molar-refractivity contribution in [3.8, 4) is 0 Å². The highest BCUT2D eigenvalue weighted by atomic mass is 16.5. The molecule has 0 aliphatic carbocycles. The molecule has 2 heterocycles. The summed E-state index contributed by atoms with van der Waals surface area (Å²) in [5.74, 6) is 0. The zero-order valence-corrected chi connectivity index (χ0v) is 14.0. The molecular formula is C20H18N2O4. The normalized spacial score (nSPS) is 12.7. The van der Waals surface area contributed by atoms with Crippen molar-refractivity contribution in [3.63, 3.8) is 0 Å². The first-order chi connectivity index (χ1) is 12.7. The molecule has 2 aromatic heterocycles. The number of ether oxygens (including phenoxy) is 1. The van der Waals surface area contributed by atoms with Crippen LogP contribution < -0.4 is 5.56 Å². The third kappa shape index (κ3) is 3.24. The van der Waals surface area contributed by atoms with Gasteiger partial charge in [-0.3, -0.25) is 9.36 Å². The first-order valence-electron chi connectivity index (χ1n) is 8.39. The third-order valence-electron chi connectivity index (χ3n) is 4.18. The Balaban J connectivity index is 1.47. The minimum atomic E-state index is -0.819. The average Bonchev–Trinajstić information content (AvgIpc) is 3.04. The van der Waals surface area contributed by atoms with Gasteiger partial charge in [-0.2, -0.15) is 0 Å². The molecule has 1 N–H and O–H groups in total. The van der Waals surface area contributed by atoms with Crippen molar-refractivity contribution >= 4 is 22.1 Å². The van der Waals surface area contributed by atoms with Gasteiger partial charge in [-0.15, -0.1) is 0 Å². The second kappa shape index (κ2) is 7.11. The molecule has 6 heteroatoms. The van der Waals surface area contributed by atoms with Crippen molar-refractivity contribution in [2.24, 2.45) is 0 Å². The van der Waals surface area contributed by atoms with E-state index in [4.69, 9.17) is 9.15 Å². The van der Waals surface area contributed by atoms with E-state index in [9.17, 15) is 9.90 Å². The van der Waals surface area contributed by atoms with Gasteiger partial charge in [0.05, 0.1) is 32.2 Å². The standard InChI is InChI=1S/C20H18N2O4/c23-15(12-25-11-14-6-2-1-3-7-14)10-22-13-21-18-16-8-4-5-9-17(16)26-19(18)20(22)24/h1-9,13,15,23H,10-12H2. The van der Waals surface area contributed by atoms with Gasteiger partial charge in [0.1, 0.15) is 11.1 Å². The summed E-state index contributed by atoms with van der Waals surface area (Å²) in [5, 5.41) is 11.0. The fourth-order valence-corrected chi connectivity index (χ4v) is 2.91. The first kappa shape index (κ1) is 16.5. The van der Waals surface area contributed by atoms with Crippen LogP contribution in [0.4, 0.5) is 0 Å². The van der Waals surface area contributed by atoms with Crippen molar-refractivity contribution < 1.29 is 14.3 Å². The van der Waals surface area contributed by atoms with Gasteiger partial charge in [0.15, 0.2) is 0 Å². The lowest BCUT2D eigenvalue weighted by Gasteiger charge is -2.12. The number of hydrogen-bond acceptors (Lipinski definition) is 5. The average molecular weight is 350 g/mol. The highest BCUT2D eigenvalue weighted by Crippen LogP contribution is 2.24. The van der Waals surface area contributed by atoms with E-state index in [0.29, 0.717) is 17.7 Å². The monoisotopic (exact) mass is 350 g/mol. The molecule has 0 bridgehead atoms. The van der Waals surface area contributed by atoms with Gasteiger partial charge in [0, 0.05) is 5.39 Å². The summed E-state index contributed by atoms with van der Waals surface area (Å²) in [7, 11) is 0. The molecule has 0 radical (unpaired) electrons. The van der Waals surface area contributed by atoms with Gasteiger partial charge in [0.25, 0.3) is 5.56 Å². The Kier molecular flexibility index (Phi) is 4.51. The van der Waals surface area contributed by atoms with E-state index in [1.165, 1.54) is 10.9 Å². The SMILES string of the molecule is O=c1c2oc3ccccc3c2ncn1CC(O)COCc1ccccc1. The summed E-state index contributed by atoms with van der Waals surface area (Å²) in [5.41, 5.74) is 2.08. The smallest absolute Gasteiger partial charge is 0.297 e. The summed E-state index contributed by atoms with van der Waals surface area (Å²) in [6.07, 6.45) is 0.618. The van der Waals surface area contributed by atoms with Crippen LogP contribution in [-0.4, -0.2) is 27.4 Å². The molecule has 6 nitrogen and oxygen atoms in total. The number of furan rings is 1. The Morgan fingerprint density at radius 2 is 1.88 bits per heavy atom. The molecule has 4 rings (SSSR count). The van der Waals surface area contributed by atoms with Crippen LogP contribution in [0.25, 0.3) is 22.1 Å². The molecule has 0 saturated carbocycles. The number of fused-ring (bicyclic) bond motifs is 3. The van der Waals surface area contributed by atoms with Crippen molar-refractivity contribution in [1.29, 1.82) is 0 Å². The summed E-state index contributed by atoms with van der Waals surface area (Å²) in [6, 6.07) is 17.1. The maximum absolute atomic E-state index is 12.6. The predicted octanol–water partition coefficient (Wildman–Crippen LogP) is 2.72. The number of aliphatic hydroxyl groups is 1. The highest BCUT2D eigenvalue weighted by molar-refractivity contribution is 6.01. The summed E-state index contributed by atoms with van der Waals surface area (Å²) in [4.78, 5) is 16.9. The van der Waals surface area contributed by atoms with Gasteiger partial charge in [0.2, 0.25) is 5.58 Å². The quantitative estimate of drug-likeness (QED) is 0.578. The van der Waals surface area contributed by atoms with Crippen molar-refractivity contribution in [3.05, 3.63) is 76.8 Å². The molecule has 1 atom stereocenters. The van der Waals surface area contributed by atoms with Crippen molar-refractivity contribution in [2.45, 2.75) is 19.3 Å². The molecule has 132 valence electrons. The largest absolute Gasteiger partial charge is 0.448 e. The number of nitrogens with zero attached hydrogens (tertiary/aromatic N) is 2. The van der Waals surface area contributed by atoms with Crippen LogP contribution in [0.5, 0.6) is 0 Å². The molecule has 1 unspecified atom stereocenters. The second-order valence-corrected chi connectivity index (χ2v) is 6.13. The fraction of sp³-hybridized carbons (Fsp3) is 0.200. The van der Waals surface area contributed by atoms with Gasteiger partial charge in [-0.1, -0.05) is 42.5 Å². The maximum Gasteiger partial charge on any atom is 0.297 e. The number of aromatic nitrogens is 2. The Bertz CT molecular complexity index is 1090. The van der Waals surface area contributed by atoms with Gasteiger partial charge in [-0.05, 0) is 17.7 Å². The Hall–Kier alpha value is -2.96. The lowest BCUT2D eigenvalue weighted by Crippen LogP contribution is -2.29.